The minimum absolute atomic E-state index is 0.0625. The molecule has 1 heterocycles. The summed E-state index contributed by atoms with van der Waals surface area (Å²) in [6, 6.07) is 3.83. The summed E-state index contributed by atoms with van der Waals surface area (Å²) >= 11 is 1.54. The molecule has 0 amide bonds. The molecule has 0 aliphatic heterocycles. The third-order valence-electron chi connectivity index (χ3n) is 2.32. The van der Waals surface area contributed by atoms with Crippen molar-refractivity contribution in [2.24, 2.45) is 0 Å². The molecule has 68 valence electrons. The number of thiophene rings is 1. The van der Waals surface area contributed by atoms with Crippen molar-refractivity contribution in [2.45, 2.75) is 19.4 Å². The van der Waals surface area contributed by atoms with Crippen molar-refractivity contribution in [3.8, 4) is 0 Å². The van der Waals surface area contributed by atoms with Gasteiger partial charge >= 0.3 is 0 Å². The highest BCUT2D eigenvalue weighted by Gasteiger charge is 2.29. The molecule has 1 aromatic heterocycles. The number of allylic oxidation sites excluding steroid dienone is 1. The fraction of sp³-hybridized carbons (Fsp3) is 0.300. The quantitative estimate of drug-likeness (QED) is 0.740. The monoisotopic (exact) mass is 194 g/mol. The second kappa shape index (κ2) is 3.09. The van der Waals surface area contributed by atoms with Gasteiger partial charge in [0.25, 0.3) is 0 Å². The lowest BCUT2D eigenvalue weighted by Crippen LogP contribution is -2.03. The summed E-state index contributed by atoms with van der Waals surface area (Å²) < 4.78 is 0. The second-order valence-corrected chi connectivity index (χ2v) is 4.13. The first-order chi connectivity index (χ1) is 6.20. The lowest BCUT2D eigenvalue weighted by Gasteiger charge is -2.00. The lowest BCUT2D eigenvalue weighted by molar-refractivity contribution is -0.114. The van der Waals surface area contributed by atoms with Gasteiger partial charge in [-0.25, -0.2) is 0 Å². The predicted octanol–water partition coefficient (Wildman–Crippen LogP) is 1.86. The topological polar surface area (TPSA) is 37.3 Å². The summed E-state index contributed by atoms with van der Waals surface area (Å²) in [5.41, 5.74) is 1.54. The highest BCUT2D eigenvalue weighted by molar-refractivity contribution is 7.11. The predicted molar refractivity (Wildman–Crippen MR) is 52.5 cm³/mol. The minimum Gasteiger partial charge on any atom is -0.388 e. The molecule has 0 bridgehead atoms. The molecule has 1 aliphatic carbocycles. The van der Waals surface area contributed by atoms with E-state index < -0.39 is 6.10 Å². The van der Waals surface area contributed by atoms with Gasteiger partial charge in [-0.3, -0.25) is 4.79 Å². The molecule has 0 fully saturated rings. The Labute approximate surface area is 80.5 Å². The van der Waals surface area contributed by atoms with Crippen molar-refractivity contribution in [3.05, 3.63) is 28.0 Å². The molecule has 1 atom stereocenters. The molecule has 1 aromatic rings. The van der Waals surface area contributed by atoms with Crippen LogP contribution in [0.25, 0.3) is 5.57 Å². The molecule has 13 heavy (non-hydrogen) atoms. The average molecular weight is 194 g/mol. The smallest absolute Gasteiger partial charge is 0.167 e. The van der Waals surface area contributed by atoms with E-state index in [1.165, 1.54) is 11.3 Å². The maximum Gasteiger partial charge on any atom is 0.167 e. The summed E-state index contributed by atoms with van der Waals surface area (Å²) in [5, 5.41) is 11.4. The average Bonchev–Trinajstić information content (AvgIpc) is 2.63. The fourth-order valence-electron chi connectivity index (χ4n) is 1.57. The number of hydrogen-bond acceptors (Lipinski definition) is 3. The standard InChI is InChI=1S/C10H10O2S/c1-6-7(11)5-8(12)10(6)9-3-2-4-13-9/h2-4,7,11H,5H2,1H3. The summed E-state index contributed by atoms with van der Waals surface area (Å²) in [5.74, 6) is 0.0625. The van der Waals surface area contributed by atoms with Gasteiger partial charge in [0.05, 0.1) is 6.10 Å². The first-order valence-electron chi connectivity index (χ1n) is 4.16. The number of carbonyl (C=O) groups is 1. The Balaban J connectivity index is 2.48. The molecule has 2 rings (SSSR count). The minimum atomic E-state index is -0.565. The first-order valence-corrected chi connectivity index (χ1v) is 5.04. The van der Waals surface area contributed by atoms with Gasteiger partial charge in [0.2, 0.25) is 0 Å². The third-order valence-corrected chi connectivity index (χ3v) is 3.21. The van der Waals surface area contributed by atoms with Gasteiger partial charge in [-0.1, -0.05) is 6.07 Å². The molecule has 3 heteroatoms. The highest BCUT2D eigenvalue weighted by atomic mass is 32.1. The Morgan fingerprint density at radius 1 is 1.62 bits per heavy atom. The van der Waals surface area contributed by atoms with E-state index in [1.807, 2.05) is 24.4 Å². The van der Waals surface area contributed by atoms with Gasteiger partial charge in [-0.2, -0.15) is 0 Å². The number of Topliss-reactive ketones (excluding diaryl/α,β-unsaturated/α-hetero) is 1. The van der Waals surface area contributed by atoms with Gasteiger partial charge < -0.3 is 5.11 Å². The summed E-state index contributed by atoms with van der Waals surface area (Å²) in [6.45, 7) is 1.82. The number of ketones is 1. The molecule has 2 nitrogen and oxygen atoms in total. The fourth-order valence-corrected chi connectivity index (χ4v) is 2.42. The van der Waals surface area contributed by atoms with Gasteiger partial charge in [0.15, 0.2) is 5.78 Å². The van der Waals surface area contributed by atoms with Gasteiger partial charge in [-0.15, -0.1) is 11.3 Å². The Morgan fingerprint density at radius 3 is 2.85 bits per heavy atom. The van der Waals surface area contributed by atoms with Crippen LogP contribution in [0.4, 0.5) is 0 Å². The Morgan fingerprint density at radius 2 is 2.38 bits per heavy atom. The van der Waals surface area contributed by atoms with Crippen LogP contribution in [0.2, 0.25) is 0 Å². The van der Waals surface area contributed by atoms with Crippen molar-refractivity contribution in [1.82, 2.24) is 0 Å². The van der Waals surface area contributed by atoms with Crippen LogP contribution in [0, 0.1) is 0 Å². The van der Waals surface area contributed by atoms with Crippen LogP contribution in [0.1, 0.15) is 18.2 Å². The molecular weight excluding hydrogens is 184 g/mol. The van der Waals surface area contributed by atoms with E-state index in [4.69, 9.17) is 0 Å². The Hall–Kier alpha value is -0.930. The lowest BCUT2D eigenvalue weighted by atomic mass is 10.1. The van der Waals surface area contributed by atoms with E-state index >= 15 is 0 Å². The number of carbonyl (C=O) groups excluding carboxylic acids is 1. The van der Waals surface area contributed by atoms with Gasteiger partial charge in [-0.05, 0) is 23.9 Å². The van der Waals surface area contributed by atoms with Gasteiger partial charge in [0, 0.05) is 16.9 Å². The largest absolute Gasteiger partial charge is 0.388 e. The summed E-state index contributed by atoms with van der Waals surface area (Å²) in [4.78, 5) is 12.5. The number of rotatable bonds is 1. The molecule has 0 aromatic carbocycles. The van der Waals surface area contributed by atoms with Crippen molar-refractivity contribution in [2.75, 3.05) is 0 Å². The number of aliphatic hydroxyl groups excluding tert-OH is 1. The Bertz CT molecular complexity index is 362. The molecular formula is C10H10O2S. The third kappa shape index (κ3) is 1.34. The maximum absolute atomic E-state index is 11.5. The van der Waals surface area contributed by atoms with Crippen LogP contribution in [0.3, 0.4) is 0 Å². The SMILES string of the molecule is CC1=C(c2cccs2)C(=O)CC1O. The van der Waals surface area contributed by atoms with E-state index in [1.54, 1.807) is 0 Å². The van der Waals surface area contributed by atoms with E-state index in [0.29, 0.717) is 0 Å². The molecule has 1 unspecified atom stereocenters. The van der Waals surface area contributed by atoms with Crippen molar-refractivity contribution in [3.63, 3.8) is 0 Å². The van der Waals surface area contributed by atoms with E-state index in [9.17, 15) is 9.90 Å². The molecule has 0 spiro atoms. The normalized spacial score (nSPS) is 22.9. The van der Waals surface area contributed by atoms with Crippen LogP contribution < -0.4 is 0 Å². The van der Waals surface area contributed by atoms with Crippen LogP contribution in [0.5, 0.6) is 0 Å². The van der Waals surface area contributed by atoms with Crippen LogP contribution in [-0.4, -0.2) is 17.0 Å². The highest BCUT2D eigenvalue weighted by Crippen LogP contribution is 2.33. The zero-order chi connectivity index (χ0) is 9.42. The van der Waals surface area contributed by atoms with Crippen LogP contribution in [-0.2, 0) is 4.79 Å². The maximum atomic E-state index is 11.5. The first kappa shape index (κ1) is 8.66. The molecule has 0 radical (unpaired) electrons. The van der Waals surface area contributed by atoms with Crippen molar-refractivity contribution in [1.29, 1.82) is 0 Å². The number of hydrogen-bond donors (Lipinski definition) is 1. The van der Waals surface area contributed by atoms with E-state index in [0.717, 1.165) is 16.0 Å². The van der Waals surface area contributed by atoms with Crippen molar-refractivity contribution >= 4 is 22.7 Å². The molecule has 0 saturated heterocycles. The second-order valence-electron chi connectivity index (χ2n) is 3.18. The van der Waals surface area contributed by atoms with Gasteiger partial charge in [0.1, 0.15) is 0 Å². The molecule has 1 N–H and O–H groups in total. The summed E-state index contributed by atoms with van der Waals surface area (Å²) in [6.07, 6.45) is -0.316. The van der Waals surface area contributed by atoms with E-state index in [2.05, 4.69) is 0 Å². The van der Waals surface area contributed by atoms with Crippen molar-refractivity contribution < 1.29 is 9.90 Å². The molecule has 1 aliphatic rings. The zero-order valence-electron chi connectivity index (χ0n) is 7.28. The van der Waals surface area contributed by atoms with Crippen LogP contribution in [0.15, 0.2) is 23.1 Å². The summed E-state index contributed by atoms with van der Waals surface area (Å²) in [7, 11) is 0. The Kier molecular flexibility index (Phi) is 2.06. The van der Waals surface area contributed by atoms with Crippen LogP contribution >= 0.6 is 11.3 Å². The number of aliphatic hydroxyl groups is 1. The molecule has 0 saturated carbocycles. The zero-order valence-corrected chi connectivity index (χ0v) is 8.10. The van der Waals surface area contributed by atoms with E-state index in [-0.39, 0.29) is 12.2 Å².